The highest BCUT2D eigenvalue weighted by atomic mass is 16.5. The standard InChI is InChI=1S/C24H24O2.C8H6O4/c1-16(2)24(25)26-15-14-18-7-5-9-21-20(18)12-13-22-19-8-4-3-6-17(19)10-11-23(21)22;9-7(10)5-3-1-2-4-6(5)8(11)12/h3-4,6,8,10-13,18H,1,5,7,9,14-15H2,2H3;1-4H,(H,9,10)(H,11,12). The highest BCUT2D eigenvalue weighted by molar-refractivity contribution is 6.08. The van der Waals surface area contributed by atoms with Crippen LogP contribution in [0.2, 0.25) is 0 Å². The second-order valence-corrected chi connectivity index (χ2v) is 9.47. The zero-order valence-corrected chi connectivity index (χ0v) is 21.3. The van der Waals surface area contributed by atoms with Crippen molar-refractivity contribution in [1.82, 2.24) is 0 Å². The van der Waals surface area contributed by atoms with Crippen LogP contribution in [0.5, 0.6) is 0 Å². The van der Waals surface area contributed by atoms with Crippen molar-refractivity contribution < 1.29 is 29.3 Å². The SMILES string of the molecule is C=C(C)C(=O)OCCC1CCCc2c1ccc1c2ccc2ccccc21.O=C(O)c1ccccc1C(=O)O. The van der Waals surface area contributed by atoms with Gasteiger partial charge in [-0.25, -0.2) is 14.4 Å². The van der Waals surface area contributed by atoms with Crippen molar-refractivity contribution in [1.29, 1.82) is 0 Å². The van der Waals surface area contributed by atoms with Gasteiger partial charge in [-0.05, 0) is 83.3 Å². The first-order chi connectivity index (χ1) is 18.3. The number of hydrogen-bond acceptors (Lipinski definition) is 4. The lowest BCUT2D eigenvalue weighted by Gasteiger charge is -2.27. The molecule has 1 atom stereocenters. The number of carboxylic acid groups (broad SMARTS) is 2. The number of carbonyl (C=O) groups excluding carboxylic acids is 1. The predicted molar refractivity (Wildman–Crippen MR) is 148 cm³/mol. The van der Waals surface area contributed by atoms with Crippen LogP contribution < -0.4 is 0 Å². The molecule has 0 fully saturated rings. The zero-order valence-electron chi connectivity index (χ0n) is 21.3. The van der Waals surface area contributed by atoms with Crippen LogP contribution in [-0.4, -0.2) is 34.7 Å². The Morgan fingerprint density at radius 3 is 2.13 bits per heavy atom. The minimum absolute atomic E-state index is 0.190. The third-order valence-electron chi connectivity index (χ3n) is 6.93. The molecule has 4 aromatic carbocycles. The van der Waals surface area contributed by atoms with Gasteiger partial charge in [-0.15, -0.1) is 0 Å². The van der Waals surface area contributed by atoms with Crippen LogP contribution in [-0.2, 0) is 16.0 Å². The Balaban J connectivity index is 0.000000236. The van der Waals surface area contributed by atoms with E-state index in [1.165, 1.54) is 63.4 Å². The summed E-state index contributed by atoms with van der Waals surface area (Å²) in [4.78, 5) is 32.5. The summed E-state index contributed by atoms with van der Waals surface area (Å²) >= 11 is 0. The number of hydrogen-bond donors (Lipinski definition) is 2. The summed E-state index contributed by atoms with van der Waals surface area (Å²) < 4.78 is 5.33. The first kappa shape index (κ1) is 26.6. The molecule has 0 saturated heterocycles. The van der Waals surface area contributed by atoms with E-state index in [2.05, 4.69) is 55.1 Å². The number of ether oxygens (including phenoxy) is 1. The predicted octanol–water partition coefficient (Wildman–Crippen LogP) is 7.01. The van der Waals surface area contributed by atoms with Gasteiger partial charge in [0.05, 0.1) is 17.7 Å². The molecule has 0 aliphatic heterocycles. The maximum Gasteiger partial charge on any atom is 0.336 e. The Bertz CT molecular complexity index is 1500. The molecule has 0 aromatic heterocycles. The molecule has 6 nitrogen and oxygen atoms in total. The summed E-state index contributed by atoms with van der Waals surface area (Å²) in [5.74, 6) is -2.28. The van der Waals surface area contributed by atoms with Gasteiger partial charge in [0.25, 0.3) is 0 Å². The first-order valence-corrected chi connectivity index (χ1v) is 12.6. The van der Waals surface area contributed by atoms with Gasteiger partial charge in [0.2, 0.25) is 0 Å². The summed E-state index contributed by atoms with van der Waals surface area (Å²) in [6.07, 6.45) is 4.37. The summed E-state index contributed by atoms with van der Waals surface area (Å²) in [6.45, 7) is 5.79. The van der Waals surface area contributed by atoms with Crippen molar-refractivity contribution >= 4 is 39.5 Å². The number of fused-ring (bicyclic) bond motifs is 5. The van der Waals surface area contributed by atoms with Crippen molar-refractivity contribution in [3.63, 3.8) is 0 Å². The fourth-order valence-corrected chi connectivity index (χ4v) is 5.08. The van der Waals surface area contributed by atoms with Crippen LogP contribution in [0.3, 0.4) is 0 Å². The van der Waals surface area contributed by atoms with E-state index in [-0.39, 0.29) is 17.1 Å². The van der Waals surface area contributed by atoms with Gasteiger partial charge in [0, 0.05) is 5.57 Å². The van der Waals surface area contributed by atoms with E-state index in [9.17, 15) is 14.4 Å². The van der Waals surface area contributed by atoms with Gasteiger partial charge in [-0.2, -0.15) is 0 Å². The van der Waals surface area contributed by atoms with Crippen LogP contribution in [0.1, 0.15) is 63.9 Å². The number of carboxylic acids is 2. The normalized spacial score (nSPS) is 14.2. The largest absolute Gasteiger partial charge is 0.478 e. The molecule has 0 spiro atoms. The summed E-state index contributed by atoms with van der Waals surface area (Å²) in [5.41, 5.74) is 3.00. The monoisotopic (exact) mass is 510 g/mol. The van der Waals surface area contributed by atoms with Crippen LogP contribution in [0.4, 0.5) is 0 Å². The molecular formula is C32H30O6. The summed E-state index contributed by atoms with van der Waals surface area (Å²) in [5, 5.41) is 22.4. The second-order valence-electron chi connectivity index (χ2n) is 9.47. The minimum Gasteiger partial charge on any atom is -0.478 e. The quantitative estimate of drug-likeness (QED) is 0.164. The third-order valence-corrected chi connectivity index (χ3v) is 6.93. The van der Waals surface area contributed by atoms with E-state index in [1.54, 1.807) is 6.92 Å². The number of esters is 1. The number of benzene rings is 4. The highest BCUT2D eigenvalue weighted by Gasteiger charge is 2.22. The Morgan fingerprint density at radius 1 is 0.842 bits per heavy atom. The smallest absolute Gasteiger partial charge is 0.336 e. The van der Waals surface area contributed by atoms with Crippen molar-refractivity contribution in [3.8, 4) is 0 Å². The van der Waals surface area contributed by atoms with Crippen LogP contribution in [0.15, 0.2) is 84.9 Å². The molecule has 6 heteroatoms. The number of rotatable bonds is 6. The Labute approximate surface area is 221 Å². The number of aromatic carboxylic acids is 2. The van der Waals surface area contributed by atoms with Crippen LogP contribution in [0, 0.1) is 0 Å². The minimum atomic E-state index is -1.23. The van der Waals surface area contributed by atoms with Crippen molar-refractivity contribution in [2.75, 3.05) is 6.61 Å². The van der Waals surface area contributed by atoms with Crippen molar-refractivity contribution in [3.05, 3.63) is 107 Å². The topological polar surface area (TPSA) is 101 Å². The van der Waals surface area contributed by atoms with Crippen LogP contribution in [0.25, 0.3) is 21.5 Å². The van der Waals surface area contributed by atoms with Gasteiger partial charge in [0.15, 0.2) is 0 Å². The Hall–Kier alpha value is -4.45. The van der Waals surface area contributed by atoms with Gasteiger partial charge >= 0.3 is 17.9 Å². The number of aryl methyl sites for hydroxylation is 1. The van der Waals surface area contributed by atoms with Gasteiger partial charge in [0.1, 0.15) is 0 Å². The maximum absolute atomic E-state index is 11.6. The lowest BCUT2D eigenvalue weighted by molar-refractivity contribution is -0.139. The Kier molecular flexibility index (Phi) is 8.22. The first-order valence-electron chi connectivity index (χ1n) is 12.6. The molecule has 0 saturated carbocycles. The van der Waals surface area contributed by atoms with E-state index in [4.69, 9.17) is 14.9 Å². The Morgan fingerprint density at radius 2 is 1.47 bits per heavy atom. The lowest BCUT2D eigenvalue weighted by Crippen LogP contribution is -2.14. The second kappa shape index (κ2) is 11.7. The molecule has 4 aromatic rings. The lowest BCUT2D eigenvalue weighted by atomic mass is 9.79. The molecule has 5 rings (SSSR count). The van der Waals surface area contributed by atoms with Gasteiger partial charge in [-0.1, -0.05) is 67.2 Å². The summed E-state index contributed by atoms with van der Waals surface area (Å²) in [6, 6.07) is 23.1. The van der Waals surface area contributed by atoms with E-state index in [1.807, 2.05) is 0 Å². The average molecular weight is 511 g/mol. The molecule has 0 heterocycles. The summed E-state index contributed by atoms with van der Waals surface area (Å²) in [7, 11) is 0. The van der Waals surface area contributed by atoms with E-state index in [0.29, 0.717) is 18.1 Å². The van der Waals surface area contributed by atoms with E-state index >= 15 is 0 Å². The highest BCUT2D eigenvalue weighted by Crippen LogP contribution is 2.39. The molecule has 1 aliphatic carbocycles. The van der Waals surface area contributed by atoms with E-state index in [0.717, 1.165) is 19.3 Å². The molecule has 0 bridgehead atoms. The molecule has 38 heavy (non-hydrogen) atoms. The third kappa shape index (κ3) is 5.75. The van der Waals surface area contributed by atoms with Crippen LogP contribution >= 0.6 is 0 Å². The van der Waals surface area contributed by atoms with Gasteiger partial charge < -0.3 is 14.9 Å². The molecule has 1 aliphatic rings. The van der Waals surface area contributed by atoms with E-state index < -0.39 is 11.9 Å². The molecular weight excluding hydrogens is 480 g/mol. The van der Waals surface area contributed by atoms with Gasteiger partial charge in [-0.3, -0.25) is 0 Å². The fourth-order valence-electron chi connectivity index (χ4n) is 5.08. The fraction of sp³-hybridized carbons (Fsp3) is 0.219. The molecule has 1 unspecified atom stereocenters. The molecule has 2 N–H and O–H groups in total. The number of carbonyl (C=O) groups is 3. The maximum atomic E-state index is 11.6. The van der Waals surface area contributed by atoms with Crippen molar-refractivity contribution in [2.24, 2.45) is 0 Å². The molecule has 194 valence electrons. The average Bonchev–Trinajstić information content (AvgIpc) is 2.92. The zero-order chi connectivity index (χ0) is 27.2. The molecule has 0 radical (unpaired) electrons. The molecule has 0 amide bonds. The van der Waals surface area contributed by atoms with Crippen molar-refractivity contribution in [2.45, 2.75) is 38.5 Å².